The summed E-state index contributed by atoms with van der Waals surface area (Å²) >= 11 is 6.81. The monoisotopic (exact) mass is 615 g/mol. The maximum atomic E-state index is 13.5. The number of halogens is 2. The zero-order valence-electron chi connectivity index (χ0n) is 20.2. The molecule has 0 aliphatic carbocycles. The fraction of sp³-hybridized carbons (Fsp3) is 0.417. The maximum Gasteiger partial charge on any atom is 0.244 e. The first kappa shape index (κ1) is 28.3. The van der Waals surface area contributed by atoms with Crippen molar-refractivity contribution >= 4 is 59.4 Å². The van der Waals surface area contributed by atoms with Gasteiger partial charge < -0.3 is 10.2 Å². The van der Waals surface area contributed by atoms with Gasteiger partial charge in [-0.25, -0.2) is 8.42 Å². The van der Waals surface area contributed by atoms with Crippen LogP contribution in [0.15, 0.2) is 51.4 Å². The van der Waals surface area contributed by atoms with Crippen LogP contribution in [0.2, 0.25) is 0 Å². The van der Waals surface area contributed by atoms with Crippen molar-refractivity contribution in [1.29, 1.82) is 0 Å². The summed E-state index contributed by atoms with van der Waals surface area (Å²) in [6.45, 7) is 8.80. The SMILES string of the molecule is Cc1cc(N(CC(=O)N(Cc2ccc(Br)cc2)[C@@H](C)C(=O)NC(C)(C)C)S(C)(=O)=O)ccc1Br. The van der Waals surface area contributed by atoms with Crippen molar-refractivity contribution < 1.29 is 18.0 Å². The van der Waals surface area contributed by atoms with E-state index in [-0.39, 0.29) is 12.5 Å². The average Bonchev–Trinajstić information content (AvgIpc) is 2.71. The second-order valence-corrected chi connectivity index (χ2v) is 12.9. The summed E-state index contributed by atoms with van der Waals surface area (Å²) in [5.74, 6) is -0.797. The van der Waals surface area contributed by atoms with E-state index in [4.69, 9.17) is 0 Å². The second kappa shape index (κ2) is 11.2. The number of aryl methyl sites for hydroxylation is 1. The third-order valence-corrected chi connectivity index (χ3v) is 7.60. The van der Waals surface area contributed by atoms with E-state index in [1.807, 2.05) is 52.0 Å². The van der Waals surface area contributed by atoms with E-state index in [0.717, 1.165) is 30.6 Å². The molecular weight excluding hydrogens is 586 g/mol. The first-order valence-corrected chi connectivity index (χ1v) is 14.1. The molecule has 0 aliphatic rings. The molecular formula is C24H31Br2N3O4S. The third-order valence-electron chi connectivity index (χ3n) is 5.04. The Kier molecular flexibility index (Phi) is 9.35. The lowest BCUT2D eigenvalue weighted by Gasteiger charge is -2.33. The van der Waals surface area contributed by atoms with E-state index in [2.05, 4.69) is 37.2 Å². The Balaban J connectivity index is 2.41. The summed E-state index contributed by atoms with van der Waals surface area (Å²) in [4.78, 5) is 27.9. The molecule has 186 valence electrons. The van der Waals surface area contributed by atoms with E-state index in [0.29, 0.717) is 5.69 Å². The highest BCUT2D eigenvalue weighted by Crippen LogP contribution is 2.25. The number of sulfonamides is 1. The molecule has 0 radical (unpaired) electrons. The highest BCUT2D eigenvalue weighted by molar-refractivity contribution is 9.10. The first-order valence-electron chi connectivity index (χ1n) is 10.7. The molecule has 2 aromatic rings. The zero-order valence-corrected chi connectivity index (χ0v) is 24.2. The summed E-state index contributed by atoms with van der Waals surface area (Å²) < 4.78 is 28.1. The van der Waals surface area contributed by atoms with E-state index >= 15 is 0 Å². The minimum Gasteiger partial charge on any atom is -0.350 e. The first-order chi connectivity index (χ1) is 15.6. The van der Waals surface area contributed by atoms with Gasteiger partial charge >= 0.3 is 0 Å². The van der Waals surface area contributed by atoms with Crippen LogP contribution in [-0.4, -0.2) is 49.5 Å². The largest absolute Gasteiger partial charge is 0.350 e. The highest BCUT2D eigenvalue weighted by Gasteiger charge is 2.31. The zero-order chi connectivity index (χ0) is 25.8. The Bertz CT molecular complexity index is 1150. The minimum absolute atomic E-state index is 0.155. The van der Waals surface area contributed by atoms with Crippen LogP contribution in [0, 0.1) is 6.92 Å². The van der Waals surface area contributed by atoms with Gasteiger partial charge in [0.15, 0.2) is 0 Å². The van der Waals surface area contributed by atoms with Crippen molar-refractivity contribution in [3.63, 3.8) is 0 Å². The van der Waals surface area contributed by atoms with Gasteiger partial charge in [-0.2, -0.15) is 0 Å². The number of anilines is 1. The Labute approximate surface area is 219 Å². The number of carbonyl (C=O) groups excluding carboxylic acids is 2. The lowest BCUT2D eigenvalue weighted by atomic mass is 10.1. The number of carbonyl (C=O) groups is 2. The number of hydrogen-bond donors (Lipinski definition) is 1. The summed E-state index contributed by atoms with van der Waals surface area (Å²) in [6, 6.07) is 11.7. The lowest BCUT2D eigenvalue weighted by molar-refractivity contribution is -0.140. The van der Waals surface area contributed by atoms with Gasteiger partial charge in [-0.15, -0.1) is 0 Å². The Morgan fingerprint density at radius 2 is 1.65 bits per heavy atom. The number of nitrogens with zero attached hydrogens (tertiary/aromatic N) is 2. The van der Waals surface area contributed by atoms with Gasteiger partial charge in [0.1, 0.15) is 12.6 Å². The van der Waals surface area contributed by atoms with E-state index in [1.165, 1.54) is 4.90 Å². The van der Waals surface area contributed by atoms with Crippen LogP contribution < -0.4 is 9.62 Å². The molecule has 0 fully saturated rings. The van der Waals surface area contributed by atoms with Crippen LogP contribution in [-0.2, 0) is 26.2 Å². The Morgan fingerprint density at radius 3 is 2.15 bits per heavy atom. The summed E-state index contributed by atoms with van der Waals surface area (Å²) in [7, 11) is -3.77. The molecule has 0 spiro atoms. The van der Waals surface area contributed by atoms with Gasteiger partial charge in [-0.3, -0.25) is 13.9 Å². The van der Waals surface area contributed by atoms with Crippen molar-refractivity contribution in [2.45, 2.75) is 52.7 Å². The van der Waals surface area contributed by atoms with Crippen molar-refractivity contribution in [3.05, 3.63) is 62.5 Å². The summed E-state index contributed by atoms with van der Waals surface area (Å²) in [5.41, 5.74) is 1.55. The minimum atomic E-state index is -3.77. The smallest absolute Gasteiger partial charge is 0.244 e. The fourth-order valence-corrected chi connectivity index (χ4v) is 4.59. The van der Waals surface area contributed by atoms with Crippen molar-refractivity contribution in [1.82, 2.24) is 10.2 Å². The number of hydrogen-bond acceptors (Lipinski definition) is 4. The van der Waals surface area contributed by atoms with Crippen molar-refractivity contribution in [2.75, 3.05) is 17.1 Å². The molecule has 1 atom stereocenters. The molecule has 2 aromatic carbocycles. The number of nitrogens with one attached hydrogen (secondary N) is 1. The molecule has 2 amide bonds. The lowest BCUT2D eigenvalue weighted by Crippen LogP contribution is -2.54. The van der Waals surface area contributed by atoms with Crippen LogP contribution in [0.5, 0.6) is 0 Å². The van der Waals surface area contributed by atoms with Crippen LogP contribution in [0.3, 0.4) is 0 Å². The standard InChI is InChI=1S/C24H31Br2N3O4S/c1-16-13-20(11-12-21(16)26)29(34(6,32)33)15-22(30)28(14-18-7-9-19(25)10-8-18)17(2)23(31)27-24(3,4)5/h7-13,17H,14-15H2,1-6H3,(H,27,31)/t17-/m0/s1. The van der Waals surface area contributed by atoms with Crippen LogP contribution >= 0.6 is 31.9 Å². The molecule has 2 rings (SSSR count). The predicted octanol–water partition coefficient (Wildman–Crippen LogP) is 4.62. The summed E-state index contributed by atoms with van der Waals surface area (Å²) in [6.07, 6.45) is 1.06. The molecule has 0 bridgehead atoms. The van der Waals surface area contributed by atoms with Gasteiger partial charge in [-0.1, -0.05) is 44.0 Å². The second-order valence-electron chi connectivity index (χ2n) is 9.27. The molecule has 0 unspecified atom stereocenters. The topological polar surface area (TPSA) is 86.8 Å². The molecule has 0 saturated carbocycles. The third kappa shape index (κ3) is 8.09. The van der Waals surface area contributed by atoms with E-state index < -0.39 is 34.1 Å². The van der Waals surface area contributed by atoms with Gasteiger partial charge in [0, 0.05) is 21.0 Å². The molecule has 0 aliphatic heterocycles. The average molecular weight is 617 g/mol. The number of amides is 2. The van der Waals surface area contributed by atoms with Crippen LogP contribution in [0.4, 0.5) is 5.69 Å². The quantitative estimate of drug-likeness (QED) is 0.469. The van der Waals surface area contributed by atoms with Gasteiger partial charge in [0.2, 0.25) is 21.8 Å². The Hall–Kier alpha value is -1.91. The highest BCUT2D eigenvalue weighted by atomic mass is 79.9. The van der Waals surface area contributed by atoms with E-state index in [1.54, 1.807) is 25.1 Å². The number of benzene rings is 2. The molecule has 10 heteroatoms. The maximum absolute atomic E-state index is 13.5. The molecule has 0 aromatic heterocycles. The molecule has 1 N–H and O–H groups in total. The van der Waals surface area contributed by atoms with Crippen molar-refractivity contribution in [2.24, 2.45) is 0 Å². The van der Waals surface area contributed by atoms with Gasteiger partial charge in [-0.05, 0) is 76.1 Å². The molecule has 0 saturated heterocycles. The predicted molar refractivity (Wildman–Crippen MR) is 143 cm³/mol. The summed E-state index contributed by atoms with van der Waals surface area (Å²) in [5, 5.41) is 2.90. The van der Waals surface area contributed by atoms with Crippen molar-refractivity contribution in [3.8, 4) is 0 Å². The normalized spacial score (nSPS) is 12.7. The molecule has 0 heterocycles. The van der Waals surface area contributed by atoms with E-state index in [9.17, 15) is 18.0 Å². The molecule has 34 heavy (non-hydrogen) atoms. The van der Waals surface area contributed by atoms with Gasteiger partial charge in [0.25, 0.3) is 0 Å². The Morgan fingerprint density at radius 1 is 1.06 bits per heavy atom. The van der Waals surface area contributed by atoms with Gasteiger partial charge in [0.05, 0.1) is 11.9 Å². The van der Waals surface area contributed by atoms with Crippen LogP contribution in [0.25, 0.3) is 0 Å². The number of rotatable bonds is 8. The van der Waals surface area contributed by atoms with Crippen LogP contribution in [0.1, 0.15) is 38.8 Å². The molecule has 7 nitrogen and oxygen atoms in total. The fourth-order valence-electron chi connectivity index (χ4n) is 3.24.